The molecule has 1 fully saturated rings. The Morgan fingerprint density at radius 1 is 1.17 bits per heavy atom. The molecule has 3 amide bonds. The molecule has 0 aromatic rings. The summed E-state index contributed by atoms with van der Waals surface area (Å²) >= 11 is 3.26. The number of alkyl halides is 1. The first kappa shape index (κ1) is 17.3. The lowest BCUT2D eigenvalue weighted by molar-refractivity contribution is -0.122. The van der Waals surface area contributed by atoms with Gasteiger partial charge in [0, 0.05) is 26.2 Å². The van der Waals surface area contributed by atoms with E-state index in [1.165, 1.54) is 0 Å². The van der Waals surface area contributed by atoms with Crippen LogP contribution in [0.5, 0.6) is 0 Å². The molecule has 1 aliphatic heterocycles. The lowest BCUT2D eigenvalue weighted by Crippen LogP contribution is -2.46. The lowest BCUT2D eigenvalue weighted by atomic mass is 10.0. The van der Waals surface area contributed by atoms with Gasteiger partial charge in [0.05, 0.1) is 0 Å². The van der Waals surface area contributed by atoms with Crippen molar-refractivity contribution in [2.45, 2.75) is 31.0 Å². The fourth-order valence-electron chi connectivity index (χ4n) is 1.40. The predicted molar refractivity (Wildman–Crippen MR) is 75.7 cm³/mol. The SMILES string of the molecule is C1CNCCN1.CCC(Br)(CC)C(=O)NC(N)=O. The van der Waals surface area contributed by atoms with E-state index in [2.05, 4.69) is 26.6 Å². The second kappa shape index (κ2) is 9.29. The Balaban J connectivity index is 0.000000397. The maximum Gasteiger partial charge on any atom is 0.318 e. The van der Waals surface area contributed by atoms with Crippen LogP contribution in [0.15, 0.2) is 0 Å². The summed E-state index contributed by atoms with van der Waals surface area (Å²) in [5.74, 6) is -0.375. The van der Waals surface area contributed by atoms with Crippen molar-refractivity contribution in [3.05, 3.63) is 0 Å². The summed E-state index contributed by atoms with van der Waals surface area (Å²) in [6.07, 6.45) is 1.23. The largest absolute Gasteiger partial charge is 0.351 e. The standard InChI is InChI=1S/C7H13BrN2O2.C4H10N2/c1-3-7(8,4-2)5(11)10-6(9)12;1-2-6-4-3-5-1/h3-4H2,1-2H3,(H3,9,10,11,12);5-6H,1-4H2. The van der Waals surface area contributed by atoms with Gasteiger partial charge in [-0.15, -0.1) is 0 Å². The Kier molecular flexibility index (Phi) is 8.95. The average molecular weight is 323 g/mol. The summed E-state index contributed by atoms with van der Waals surface area (Å²) in [7, 11) is 0. The van der Waals surface area contributed by atoms with Crippen LogP contribution in [0.25, 0.3) is 0 Å². The molecular weight excluding hydrogens is 300 g/mol. The third-order valence-corrected chi connectivity index (χ3v) is 4.20. The monoisotopic (exact) mass is 322 g/mol. The van der Waals surface area contributed by atoms with E-state index in [1.807, 2.05) is 19.2 Å². The molecule has 0 aliphatic carbocycles. The van der Waals surface area contributed by atoms with Crippen molar-refractivity contribution in [2.24, 2.45) is 5.73 Å². The van der Waals surface area contributed by atoms with Crippen molar-refractivity contribution in [3.8, 4) is 0 Å². The Bertz CT molecular complexity index is 254. The third kappa shape index (κ3) is 6.93. The molecule has 18 heavy (non-hydrogen) atoms. The number of nitrogens with two attached hydrogens (primary N) is 1. The molecular formula is C11H23BrN4O2. The predicted octanol–water partition coefficient (Wildman–Crippen LogP) is 0.314. The van der Waals surface area contributed by atoms with Gasteiger partial charge >= 0.3 is 6.03 Å². The van der Waals surface area contributed by atoms with Crippen LogP contribution in [-0.2, 0) is 4.79 Å². The average Bonchev–Trinajstić information content (AvgIpc) is 2.39. The van der Waals surface area contributed by atoms with Crippen LogP contribution < -0.4 is 21.7 Å². The van der Waals surface area contributed by atoms with Gasteiger partial charge in [-0.3, -0.25) is 10.1 Å². The van der Waals surface area contributed by atoms with Crippen molar-refractivity contribution < 1.29 is 9.59 Å². The van der Waals surface area contributed by atoms with E-state index in [1.54, 1.807) is 0 Å². The molecule has 106 valence electrons. The van der Waals surface area contributed by atoms with Gasteiger partial charge in [-0.2, -0.15) is 0 Å². The minimum atomic E-state index is -0.814. The molecule has 0 saturated carbocycles. The number of hydrogen-bond donors (Lipinski definition) is 4. The van der Waals surface area contributed by atoms with Gasteiger partial charge in [0.15, 0.2) is 0 Å². The van der Waals surface area contributed by atoms with E-state index in [4.69, 9.17) is 5.73 Å². The number of urea groups is 1. The van der Waals surface area contributed by atoms with Crippen LogP contribution in [0.1, 0.15) is 26.7 Å². The van der Waals surface area contributed by atoms with Crippen LogP contribution in [0.3, 0.4) is 0 Å². The minimum absolute atomic E-state index is 0.375. The number of piperazine rings is 1. The van der Waals surface area contributed by atoms with Crippen molar-refractivity contribution in [3.63, 3.8) is 0 Å². The summed E-state index contributed by atoms with van der Waals surface area (Å²) < 4.78 is -0.665. The first-order chi connectivity index (χ1) is 8.46. The zero-order valence-electron chi connectivity index (χ0n) is 11.0. The van der Waals surface area contributed by atoms with E-state index in [0.717, 1.165) is 26.2 Å². The summed E-state index contributed by atoms with van der Waals surface area (Å²) in [4.78, 5) is 21.6. The van der Waals surface area contributed by atoms with E-state index >= 15 is 0 Å². The molecule has 1 rings (SSSR count). The van der Waals surface area contributed by atoms with Gasteiger partial charge < -0.3 is 16.4 Å². The molecule has 0 bridgehead atoms. The zero-order chi connectivity index (χ0) is 14.0. The molecule has 1 heterocycles. The van der Waals surface area contributed by atoms with E-state index in [-0.39, 0.29) is 5.91 Å². The van der Waals surface area contributed by atoms with Gasteiger partial charge in [-0.25, -0.2) is 4.79 Å². The Hall–Kier alpha value is -0.660. The summed E-state index contributed by atoms with van der Waals surface area (Å²) in [5.41, 5.74) is 4.81. The maximum absolute atomic E-state index is 11.3. The summed E-state index contributed by atoms with van der Waals surface area (Å²) in [6, 6.07) is -0.814. The molecule has 0 aromatic carbocycles. The van der Waals surface area contributed by atoms with Gasteiger partial charge in [0.25, 0.3) is 0 Å². The van der Waals surface area contributed by atoms with Gasteiger partial charge in [0.1, 0.15) is 4.32 Å². The van der Waals surface area contributed by atoms with E-state index < -0.39 is 10.4 Å². The Morgan fingerprint density at radius 2 is 1.56 bits per heavy atom. The molecule has 1 saturated heterocycles. The van der Waals surface area contributed by atoms with E-state index in [9.17, 15) is 9.59 Å². The first-order valence-corrected chi connectivity index (χ1v) is 6.96. The molecule has 5 N–H and O–H groups in total. The van der Waals surface area contributed by atoms with Gasteiger partial charge in [-0.1, -0.05) is 29.8 Å². The number of primary amides is 1. The highest BCUT2D eigenvalue weighted by molar-refractivity contribution is 9.10. The number of carbonyl (C=O) groups is 2. The maximum atomic E-state index is 11.3. The molecule has 0 aromatic heterocycles. The Morgan fingerprint density at radius 3 is 1.78 bits per heavy atom. The third-order valence-electron chi connectivity index (χ3n) is 2.72. The van der Waals surface area contributed by atoms with Crippen molar-refractivity contribution in [1.82, 2.24) is 16.0 Å². The van der Waals surface area contributed by atoms with Crippen LogP contribution >= 0.6 is 15.9 Å². The summed E-state index contributed by atoms with van der Waals surface area (Å²) in [5, 5.41) is 8.48. The molecule has 1 aliphatic rings. The van der Waals surface area contributed by atoms with Gasteiger partial charge in [0.2, 0.25) is 5.91 Å². The summed E-state index contributed by atoms with van der Waals surface area (Å²) in [6.45, 7) is 8.28. The topological polar surface area (TPSA) is 96.2 Å². The number of rotatable bonds is 3. The quantitative estimate of drug-likeness (QED) is 0.562. The van der Waals surface area contributed by atoms with Gasteiger partial charge in [-0.05, 0) is 12.8 Å². The highest BCUT2D eigenvalue weighted by Gasteiger charge is 2.32. The number of carbonyl (C=O) groups excluding carboxylic acids is 2. The highest BCUT2D eigenvalue weighted by atomic mass is 79.9. The van der Waals surface area contributed by atoms with Crippen molar-refractivity contribution in [2.75, 3.05) is 26.2 Å². The zero-order valence-corrected chi connectivity index (χ0v) is 12.6. The molecule has 0 unspecified atom stereocenters. The van der Waals surface area contributed by atoms with Crippen LogP contribution in [0.4, 0.5) is 4.79 Å². The normalized spacial score (nSPS) is 15.3. The minimum Gasteiger partial charge on any atom is -0.351 e. The smallest absolute Gasteiger partial charge is 0.318 e. The molecule has 0 atom stereocenters. The number of imide groups is 1. The van der Waals surface area contributed by atoms with E-state index in [0.29, 0.717) is 12.8 Å². The van der Waals surface area contributed by atoms with Crippen molar-refractivity contribution >= 4 is 27.9 Å². The second-order valence-corrected chi connectivity index (χ2v) is 5.51. The number of nitrogens with one attached hydrogen (secondary N) is 3. The fraction of sp³-hybridized carbons (Fsp3) is 0.818. The van der Waals surface area contributed by atoms with Crippen LogP contribution in [0, 0.1) is 0 Å². The van der Waals surface area contributed by atoms with Crippen LogP contribution in [-0.4, -0.2) is 42.4 Å². The number of halogens is 1. The first-order valence-electron chi connectivity index (χ1n) is 6.17. The molecule has 0 radical (unpaired) electrons. The number of hydrogen-bond acceptors (Lipinski definition) is 4. The molecule has 6 nitrogen and oxygen atoms in total. The van der Waals surface area contributed by atoms with Crippen LogP contribution in [0.2, 0.25) is 0 Å². The Labute approximate surface area is 117 Å². The molecule has 7 heteroatoms. The van der Waals surface area contributed by atoms with Crippen molar-refractivity contribution in [1.29, 1.82) is 0 Å². The lowest BCUT2D eigenvalue weighted by Gasteiger charge is -2.21. The number of amides is 3. The highest BCUT2D eigenvalue weighted by Crippen LogP contribution is 2.26. The second-order valence-electron chi connectivity index (χ2n) is 3.99. The fourth-order valence-corrected chi connectivity index (χ4v) is 1.50. The molecule has 0 spiro atoms.